The molecular formula is C8H12O3S. The summed E-state index contributed by atoms with van der Waals surface area (Å²) in [5.41, 5.74) is 0. The Bertz CT molecular complexity index is 287. The van der Waals surface area contributed by atoms with E-state index in [0.717, 1.165) is 0 Å². The van der Waals surface area contributed by atoms with Crippen molar-refractivity contribution in [3.05, 3.63) is 24.3 Å². The standard InChI is InChI=1S/C8H10O2S.H2O/c9-11(10,7-3-1-4-7)8-5-2-6-8;/h1-3,5,7-8H,4,6H2;1H2. The molecule has 0 aromatic carbocycles. The molecule has 2 aliphatic rings. The van der Waals surface area contributed by atoms with Gasteiger partial charge in [0.25, 0.3) is 0 Å². The quantitative estimate of drug-likeness (QED) is 0.582. The molecule has 0 saturated carbocycles. The van der Waals surface area contributed by atoms with E-state index in [4.69, 9.17) is 0 Å². The van der Waals surface area contributed by atoms with E-state index in [0.29, 0.717) is 12.8 Å². The van der Waals surface area contributed by atoms with Crippen LogP contribution in [-0.4, -0.2) is 24.4 Å². The van der Waals surface area contributed by atoms with Gasteiger partial charge in [-0.3, -0.25) is 0 Å². The van der Waals surface area contributed by atoms with E-state index in [9.17, 15) is 8.42 Å². The van der Waals surface area contributed by atoms with E-state index < -0.39 is 9.84 Å². The summed E-state index contributed by atoms with van der Waals surface area (Å²) in [7, 11) is -2.84. The van der Waals surface area contributed by atoms with Crippen LogP contribution in [0.2, 0.25) is 0 Å². The van der Waals surface area contributed by atoms with Gasteiger partial charge in [-0.05, 0) is 12.8 Å². The van der Waals surface area contributed by atoms with Gasteiger partial charge in [0.2, 0.25) is 0 Å². The van der Waals surface area contributed by atoms with Crippen LogP contribution in [0.3, 0.4) is 0 Å². The molecule has 2 aliphatic carbocycles. The van der Waals surface area contributed by atoms with Crippen molar-refractivity contribution in [3.63, 3.8) is 0 Å². The molecule has 0 aliphatic heterocycles. The van der Waals surface area contributed by atoms with Gasteiger partial charge in [-0.15, -0.1) is 0 Å². The minimum atomic E-state index is -2.84. The van der Waals surface area contributed by atoms with E-state index in [2.05, 4.69) is 0 Å². The molecule has 12 heavy (non-hydrogen) atoms. The Kier molecular flexibility index (Phi) is 2.39. The maximum Gasteiger partial charge on any atom is 0.163 e. The molecule has 0 fully saturated rings. The number of rotatable bonds is 2. The van der Waals surface area contributed by atoms with Gasteiger partial charge in [-0.25, -0.2) is 8.42 Å². The third kappa shape index (κ3) is 1.21. The first-order chi connectivity index (χ1) is 5.21. The molecule has 4 heteroatoms. The Balaban J connectivity index is 0.000000720. The van der Waals surface area contributed by atoms with Crippen molar-refractivity contribution in [1.82, 2.24) is 0 Å². The van der Waals surface area contributed by atoms with Gasteiger partial charge in [0.05, 0.1) is 10.5 Å². The van der Waals surface area contributed by atoms with Gasteiger partial charge in [0.15, 0.2) is 9.84 Å². The van der Waals surface area contributed by atoms with Crippen LogP contribution < -0.4 is 0 Å². The molecule has 0 spiro atoms. The van der Waals surface area contributed by atoms with E-state index in [1.54, 1.807) is 12.2 Å². The molecule has 2 unspecified atom stereocenters. The van der Waals surface area contributed by atoms with Crippen LogP contribution in [0, 0.1) is 0 Å². The van der Waals surface area contributed by atoms with Gasteiger partial charge in [0.1, 0.15) is 0 Å². The Hall–Kier alpha value is -0.610. The second-order valence-corrected chi connectivity index (χ2v) is 5.38. The summed E-state index contributed by atoms with van der Waals surface area (Å²) in [5.74, 6) is 0. The lowest BCUT2D eigenvalue weighted by Gasteiger charge is -2.25. The molecule has 2 N–H and O–H groups in total. The Morgan fingerprint density at radius 2 is 1.33 bits per heavy atom. The zero-order chi connectivity index (χ0) is 7.90. The van der Waals surface area contributed by atoms with Crippen molar-refractivity contribution in [3.8, 4) is 0 Å². The summed E-state index contributed by atoms with van der Waals surface area (Å²) in [6.07, 6.45) is 8.80. The van der Waals surface area contributed by atoms with Crippen molar-refractivity contribution in [1.29, 1.82) is 0 Å². The van der Waals surface area contributed by atoms with Crippen molar-refractivity contribution in [2.24, 2.45) is 0 Å². The molecule has 0 saturated heterocycles. The van der Waals surface area contributed by atoms with Crippen LogP contribution in [0.1, 0.15) is 12.8 Å². The zero-order valence-electron chi connectivity index (χ0n) is 6.60. The fourth-order valence-corrected chi connectivity index (χ4v) is 3.07. The Morgan fingerprint density at radius 1 is 1.00 bits per heavy atom. The van der Waals surface area contributed by atoms with Gasteiger partial charge in [-0.2, -0.15) is 0 Å². The van der Waals surface area contributed by atoms with Crippen LogP contribution in [0.15, 0.2) is 24.3 Å². The molecule has 0 aromatic heterocycles. The fraction of sp³-hybridized carbons (Fsp3) is 0.500. The highest BCUT2D eigenvalue weighted by Crippen LogP contribution is 2.27. The maximum atomic E-state index is 11.5. The molecule has 0 radical (unpaired) electrons. The average molecular weight is 188 g/mol. The maximum absolute atomic E-state index is 11.5. The first-order valence-electron chi connectivity index (χ1n) is 3.77. The number of sulfone groups is 1. The van der Waals surface area contributed by atoms with Gasteiger partial charge < -0.3 is 5.48 Å². The summed E-state index contributed by atoms with van der Waals surface area (Å²) >= 11 is 0. The van der Waals surface area contributed by atoms with E-state index >= 15 is 0 Å². The third-order valence-electron chi connectivity index (χ3n) is 2.28. The minimum absolute atomic E-state index is 0. The molecule has 2 atom stereocenters. The lowest BCUT2D eigenvalue weighted by atomic mass is 10.1. The van der Waals surface area contributed by atoms with E-state index in [-0.39, 0.29) is 16.0 Å². The molecule has 0 heterocycles. The second-order valence-electron chi connectivity index (χ2n) is 2.99. The SMILES string of the molecule is O.O=S(=O)(C1C=CC1)C1C=CC1. The van der Waals surface area contributed by atoms with Crippen LogP contribution in [-0.2, 0) is 9.84 Å². The van der Waals surface area contributed by atoms with Crippen molar-refractivity contribution in [2.75, 3.05) is 0 Å². The summed E-state index contributed by atoms with van der Waals surface area (Å²) in [6, 6.07) is 0. The molecule has 0 aromatic rings. The summed E-state index contributed by atoms with van der Waals surface area (Å²) in [5, 5.41) is -0.366. The fourth-order valence-electron chi connectivity index (χ4n) is 1.21. The molecular weight excluding hydrogens is 176 g/mol. The third-order valence-corrected chi connectivity index (χ3v) is 4.67. The minimum Gasteiger partial charge on any atom is -0.412 e. The molecule has 3 nitrogen and oxygen atoms in total. The van der Waals surface area contributed by atoms with Gasteiger partial charge in [0, 0.05) is 0 Å². The number of hydrogen-bond acceptors (Lipinski definition) is 2. The van der Waals surface area contributed by atoms with Crippen LogP contribution >= 0.6 is 0 Å². The predicted octanol–water partition coefficient (Wildman–Crippen LogP) is 0.234. The average Bonchev–Trinajstić information content (AvgIpc) is 1.46. The Labute approximate surface area is 72.0 Å². The van der Waals surface area contributed by atoms with Crippen molar-refractivity contribution in [2.45, 2.75) is 23.3 Å². The zero-order valence-corrected chi connectivity index (χ0v) is 7.42. The summed E-state index contributed by atoms with van der Waals surface area (Å²) < 4.78 is 23.0. The lowest BCUT2D eigenvalue weighted by molar-refractivity contribution is 0.574. The highest BCUT2D eigenvalue weighted by Gasteiger charge is 2.34. The highest BCUT2D eigenvalue weighted by atomic mass is 32.2. The van der Waals surface area contributed by atoms with Crippen LogP contribution in [0.4, 0.5) is 0 Å². The molecule has 2 rings (SSSR count). The normalized spacial score (nSPS) is 31.7. The van der Waals surface area contributed by atoms with Crippen LogP contribution in [0.25, 0.3) is 0 Å². The number of hydrogen-bond donors (Lipinski definition) is 0. The first kappa shape index (κ1) is 9.48. The molecule has 68 valence electrons. The van der Waals surface area contributed by atoms with Gasteiger partial charge in [-0.1, -0.05) is 24.3 Å². The van der Waals surface area contributed by atoms with E-state index in [1.807, 2.05) is 12.2 Å². The highest BCUT2D eigenvalue weighted by molar-refractivity contribution is 7.93. The molecule has 0 bridgehead atoms. The number of allylic oxidation sites excluding steroid dienone is 2. The van der Waals surface area contributed by atoms with E-state index in [1.165, 1.54) is 0 Å². The Morgan fingerprint density at radius 3 is 1.50 bits per heavy atom. The first-order valence-corrected chi connectivity index (χ1v) is 5.38. The summed E-state index contributed by atoms with van der Waals surface area (Å²) in [4.78, 5) is 0. The molecule has 0 amide bonds. The predicted molar refractivity (Wildman–Crippen MR) is 47.6 cm³/mol. The van der Waals surface area contributed by atoms with Crippen LogP contribution in [0.5, 0.6) is 0 Å². The smallest absolute Gasteiger partial charge is 0.163 e. The van der Waals surface area contributed by atoms with Gasteiger partial charge >= 0.3 is 0 Å². The second kappa shape index (κ2) is 3.03. The summed E-state index contributed by atoms with van der Waals surface area (Å²) in [6.45, 7) is 0. The van der Waals surface area contributed by atoms with Crippen molar-refractivity contribution < 1.29 is 13.9 Å². The lowest BCUT2D eigenvalue weighted by Crippen LogP contribution is -2.34. The largest absolute Gasteiger partial charge is 0.412 e. The topological polar surface area (TPSA) is 65.6 Å². The van der Waals surface area contributed by atoms with Crippen molar-refractivity contribution >= 4 is 9.84 Å². The monoisotopic (exact) mass is 188 g/mol.